The smallest absolute Gasteiger partial charge is 0.259 e. The third-order valence-corrected chi connectivity index (χ3v) is 6.98. The van der Waals surface area contributed by atoms with E-state index in [0.29, 0.717) is 31.9 Å². The lowest BCUT2D eigenvalue weighted by Crippen LogP contribution is -2.43. The highest BCUT2D eigenvalue weighted by Crippen LogP contribution is 2.35. The molecule has 8 nitrogen and oxygen atoms in total. The van der Waals surface area contributed by atoms with Gasteiger partial charge in [-0.2, -0.15) is 0 Å². The monoisotopic (exact) mass is 505 g/mol. The quantitative estimate of drug-likeness (QED) is 0.174. The van der Waals surface area contributed by atoms with Gasteiger partial charge in [0.25, 0.3) is 6.54 Å². The van der Waals surface area contributed by atoms with E-state index in [0.717, 1.165) is 33.3 Å². The average molecular weight is 506 g/mol. The molecular formula is C29H39N5O3. The number of aliphatic imine (C=N–C) groups is 1. The number of aromatic amines is 1. The highest BCUT2D eigenvalue weighted by atomic mass is 16.6. The molecule has 0 saturated carbocycles. The molecular weight excluding hydrogens is 466 g/mol. The summed E-state index contributed by atoms with van der Waals surface area (Å²) in [6, 6.07) is 12.7. The second-order valence-electron chi connectivity index (χ2n) is 10.1. The van der Waals surface area contributed by atoms with Crippen molar-refractivity contribution in [3.05, 3.63) is 68.8 Å². The number of amides is 1. The number of carbonyl (C=O) groups is 1. The number of nitrogens with one attached hydrogen (secondary N) is 2. The van der Waals surface area contributed by atoms with Crippen LogP contribution in [-0.4, -0.2) is 59.8 Å². The van der Waals surface area contributed by atoms with Gasteiger partial charge in [0.2, 0.25) is 5.91 Å². The molecule has 0 saturated heterocycles. The van der Waals surface area contributed by atoms with Crippen molar-refractivity contribution >= 4 is 22.6 Å². The molecule has 0 unspecified atom stereocenters. The zero-order valence-electron chi connectivity index (χ0n) is 23.1. The van der Waals surface area contributed by atoms with E-state index in [1.807, 2.05) is 38.7 Å². The number of fused-ring (bicyclic) bond motifs is 1. The number of hydrogen-bond donors (Lipinski definition) is 2. The number of hydrogen-bond acceptors (Lipinski definition) is 4. The molecule has 0 aliphatic heterocycles. The topological polar surface area (TPSA) is 104 Å². The van der Waals surface area contributed by atoms with Gasteiger partial charge in [-0.25, -0.2) is 0 Å². The van der Waals surface area contributed by atoms with Crippen LogP contribution >= 0.6 is 0 Å². The average Bonchev–Trinajstić information content (AvgIpc) is 3.21. The minimum absolute atomic E-state index is 0.105. The summed E-state index contributed by atoms with van der Waals surface area (Å²) in [5.41, 5.74) is 6.86. The summed E-state index contributed by atoms with van der Waals surface area (Å²) in [7, 11) is 1.56. The standard InChI is InChI=1S/C29H39N5O3/c1-8-33(9-2)28(35)29(5,6)22-10-11-25-24(17-22)23(12-13-31-26(30-7)18-34(36)37)27(32-25)21-15-19(3)14-20(4)16-21/h10-11,14-17,32H,8-9,12-13,18H2,1-7H3,(H,30,31). The second-order valence-corrected chi connectivity index (χ2v) is 10.1. The van der Waals surface area contributed by atoms with Crippen LogP contribution in [-0.2, 0) is 16.6 Å². The molecule has 3 aromatic rings. The van der Waals surface area contributed by atoms with E-state index in [4.69, 9.17) is 0 Å². The van der Waals surface area contributed by atoms with Gasteiger partial charge in [0.1, 0.15) is 0 Å². The number of rotatable bonds is 10. The number of H-pyrrole nitrogens is 1. The molecule has 8 heteroatoms. The van der Waals surface area contributed by atoms with Crippen molar-refractivity contribution in [3.63, 3.8) is 0 Å². The Hall–Kier alpha value is -3.68. The molecule has 0 fully saturated rings. The van der Waals surface area contributed by atoms with Crippen molar-refractivity contribution in [1.29, 1.82) is 0 Å². The Morgan fingerprint density at radius 3 is 2.32 bits per heavy atom. The second kappa shape index (κ2) is 11.6. The number of nitrogens with zero attached hydrogens (tertiary/aromatic N) is 3. The van der Waals surface area contributed by atoms with Gasteiger partial charge in [0.05, 0.1) is 5.41 Å². The van der Waals surface area contributed by atoms with Crippen molar-refractivity contribution in [2.45, 2.75) is 53.4 Å². The van der Waals surface area contributed by atoms with Crippen LogP contribution < -0.4 is 5.32 Å². The van der Waals surface area contributed by atoms with Crippen LogP contribution in [0.1, 0.15) is 49.9 Å². The lowest BCUT2D eigenvalue weighted by Gasteiger charge is -2.31. The van der Waals surface area contributed by atoms with Crippen molar-refractivity contribution in [1.82, 2.24) is 15.2 Å². The Labute approximate surface area is 219 Å². The lowest BCUT2D eigenvalue weighted by atomic mass is 9.82. The van der Waals surface area contributed by atoms with Crippen molar-refractivity contribution in [2.24, 2.45) is 4.99 Å². The molecule has 2 N–H and O–H groups in total. The van der Waals surface area contributed by atoms with Gasteiger partial charge in [-0.15, -0.1) is 0 Å². The maximum absolute atomic E-state index is 13.4. The van der Waals surface area contributed by atoms with Crippen molar-refractivity contribution in [3.8, 4) is 11.3 Å². The summed E-state index contributed by atoms with van der Waals surface area (Å²) >= 11 is 0. The van der Waals surface area contributed by atoms with Gasteiger partial charge in [-0.3, -0.25) is 19.9 Å². The predicted octanol–water partition coefficient (Wildman–Crippen LogP) is 5.03. The van der Waals surface area contributed by atoms with Gasteiger partial charge in [0, 0.05) is 48.2 Å². The SMILES string of the molecule is CCN(CC)C(=O)C(C)(C)c1ccc2[nH]c(-c3cc(C)cc(C)c3)c(CCNC(C[N+](=O)[O-])=NC)c2c1. The fourth-order valence-electron chi connectivity index (χ4n) is 4.95. The maximum Gasteiger partial charge on any atom is 0.259 e. The van der Waals surface area contributed by atoms with Crippen LogP contribution in [0.3, 0.4) is 0 Å². The van der Waals surface area contributed by atoms with Crippen LogP contribution in [0, 0.1) is 24.0 Å². The van der Waals surface area contributed by atoms with Gasteiger partial charge < -0.3 is 15.2 Å². The minimum atomic E-state index is -0.680. The molecule has 0 spiro atoms. The first-order chi connectivity index (χ1) is 17.5. The third-order valence-electron chi connectivity index (χ3n) is 6.98. The zero-order chi connectivity index (χ0) is 27.3. The number of amidine groups is 1. The molecule has 37 heavy (non-hydrogen) atoms. The number of likely N-dealkylation sites (N-methyl/N-ethyl adjacent to an activating group) is 1. The molecule has 0 aliphatic carbocycles. The van der Waals surface area contributed by atoms with Crippen LogP contribution in [0.4, 0.5) is 0 Å². The van der Waals surface area contributed by atoms with Crippen molar-refractivity contribution < 1.29 is 9.72 Å². The van der Waals surface area contributed by atoms with Crippen LogP contribution in [0.15, 0.2) is 41.4 Å². The largest absolute Gasteiger partial charge is 0.368 e. The Morgan fingerprint density at radius 1 is 1.11 bits per heavy atom. The van der Waals surface area contributed by atoms with E-state index in [1.165, 1.54) is 11.1 Å². The first kappa shape index (κ1) is 27.9. The Balaban J connectivity index is 2.09. The molecule has 198 valence electrons. The van der Waals surface area contributed by atoms with E-state index in [9.17, 15) is 14.9 Å². The highest BCUT2D eigenvalue weighted by molar-refractivity contribution is 5.94. The first-order valence-corrected chi connectivity index (χ1v) is 12.9. The highest BCUT2D eigenvalue weighted by Gasteiger charge is 2.33. The molecule has 3 rings (SSSR count). The number of aromatic nitrogens is 1. The van der Waals surface area contributed by atoms with Crippen LogP contribution in [0.5, 0.6) is 0 Å². The third kappa shape index (κ3) is 6.18. The lowest BCUT2D eigenvalue weighted by molar-refractivity contribution is -0.463. The van der Waals surface area contributed by atoms with E-state index in [1.54, 1.807) is 7.05 Å². The minimum Gasteiger partial charge on any atom is -0.368 e. The normalized spacial score (nSPS) is 12.1. The van der Waals surface area contributed by atoms with E-state index >= 15 is 0 Å². The van der Waals surface area contributed by atoms with Crippen molar-refractivity contribution in [2.75, 3.05) is 33.2 Å². The fraction of sp³-hybridized carbons (Fsp3) is 0.448. The number of nitro groups is 1. The van der Waals surface area contributed by atoms with Gasteiger partial charge in [0.15, 0.2) is 5.84 Å². The summed E-state index contributed by atoms with van der Waals surface area (Å²) in [5.74, 6) is 0.457. The summed E-state index contributed by atoms with van der Waals surface area (Å²) in [6.07, 6.45) is 0.632. The van der Waals surface area contributed by atoms with E-state index < -0.39 is 5.41 Å². The molecule has 1 heterocycles. The summed E-state index contributed by atoms with van der Waals surface area (Å²) < 4.78 is 0. The Morgan fingerprint density at radius 2 is 1.76 bits per heavy atom. The zero-order valence-corrected chi connectivity index (χ0v) is 23.1. The molecule has 2 aromatic carbocycles. The number of aryl methyl sites for hydroxylation is 2. The van der Waals surface area contributed by atoms with Crippen LogP contribution in [0.2, 0.25) is 0 Å². The molecule has 0 radical (unpaired) electrons. The van der Waals surface area contributed by atoms with Gasteiger partial charge in [-0.1, -0.05) is 23.3 Å². The fourth-order valence-corrected chi connectivity index (χ4v) is 4.95. The molecule has 0 bridgehead atoms. The molecule has 1 aromatic heterocycles. The van der Waals surface area contributed by atoms with Gasteiger partial charge in [-0.05, 0) is 88.9 Å². The summed E-state index contributed by atoms with van der Waals surface area (Å²) in [4.78, 5) is 33.4. The Bertz CT molecular complexity index is 1300. The van der Waals surface area contributed by atoms with E-state index in [2.05, 4.69) is 59.5 Å². The summed E-state index contributed by atoms with van der Waals surface area (Å²) in [5, 5.41) is 15.2. The molecule has 0 atom stereocenters. The van der Waals surface area contributed by atoms with Crippen LogP contribution in [0.25, 0.3) is 22.2 Å². The number of carbonyl (C=O) groups excluding carboxylic acids is 1. The first-order valence-electron chi connectivity index (χ1n) is 12.9. The summed E-state index contributed by atoms with van der Waals surface area (Å²) in [6.45, 7) is 13.6. The molecule has 0 aliphatic rings. The van der Waals surface area contributed by atoms with Gasteiger partial charge >= 0.3 is 0 Å². The predicted molar refractivity (Wildman–Crippen MR) is 151 cm³/mol. The number of benzene rings is 2. The Kier molecular flexibility index (Phi) is 8.73. The van der Waals surface area contributed by atoms with E-state index in [-0.39, 0.29) is 17.4 Å². The molecule has 1 amide bonds. The maximum atomic E-state index is 13.4.